The highest BCUT2D eigenvalue weighted by Crippen LogP contribution is 2.38. The highest BCUT2D eigenvalue weighted by atomic mass is 16.5. The highest BCUT2D eigenvalue weighted by molar-refractivity contribution is 5.95. The van der Waals surface area contributed by atoms with Crippen LogP contribution in [-0.4, -0.2) is 22.7 Å². The molecule has 0 aliphatic heterocycles. The van der Waals surface area contributed by atoms with Gasteiger partial charge in [-0.05, 0) is 117 Å². The maximum Gasteiger partial charge on any atom is 0.122 e. The second-order valence-corrected chi connectivity index (χ2v) is 14.2. The van der Waals surface area contributed by atoms with Crippen molar-refractivity contribution >= 4 is 11.7 Å². The van der Waals surface area contributed by atoms with Crippen molar-refractivity contribution in [2.75, 3.05) is 0 Å². The summed E-state index contributed by atoms with van der Waals surface area (Å²) >= 11 is 0. The molecule has 0 aromatic heterocycles. The van der Waals surface area contributed by atoms with E-state index in [-0.39, 0.29) is 22.7 Å². The SMILES string of the molecule is CC1(NCc2cccc(COc3ccc(C(=N)N)cc3)c2)CCC(C(C)(C)NCc2cccc(COC3=CC=C(C(=N)N)CC3)c2)CC1. The lowest BCUT2D eigenvalue weighted by atomic mass is 9.70. The average molecular weight is 649 g/mol. The Labute approximate surface area is 286 Å². The number of nitrogens with two attached hydrogens (primary N) is 2. The Morgan fingerprint density at radius 1 is 0.792 bits per heavy atom. The minimum absolute atomic E-state index is 0.0300. The highest BCUT2D eigenvalue weighted by Gasteiger charge is 2.37. The predicted molar refractivity (Wildman–Crippen MR) is 195 cm³/mol. The fraction of sp³-hybridized carbons (Fsp3) is 0.400. The van der Waals surface area contributed by atoms with Crippen LogP contribution < -0.4 is 26.8 Å². The molecule has 8 N–H and O–H groups in total. The van der Waals surface area contributed by atoms with E-state index in [4.69, 9.17) is 31.8 Å². The van der Waals surface area contributed by atoms with Crippen molar-refractivity contribution in [1.82, 2.24) is 10.6 Å². The molecule has 0 spiro atoms. The molecular weight excluding hydrogens is 596 g/mol. The standard InChI is InChI=1S/C40H52N6O2/c1-39(2,45-24-28-6-4-8-30(22-28)26-47-35-14-10-32(11-15-35)37(41)42)34-18-20-40(3,21-19-34)46-25-29-7-5-9-31(23-29)27-48-36-16-12-33(13-17-36)38(43)44/h4-10,12-14,16-17,22-23,34,45-46H,11,15,18-21,24-27H2,1-3H3,(H3,41,42)(H3,43,44). The molecule has 0 radical (unpaired) electrons. The number of benzene rings is 3. The molecule has 0 bridgehead atoms. The summed E-state index contributed by atoms with van der Waals surface area (Å²) in [4.78, 5) is 0. The molecule has 0 amide bonds. The second-order valence-electron chi connectivity index (χ2n) is 14.2. The fourth-order valence-corrected chi connectivity index (χ4v) is 6.64. The van der Waals surface area contributed by atoms with Gasteiger partial charge in [0.25, 0.3) is 0 Å². The topological polar surface area (TPSA) is 142 Å². The molecule has 48 heavy (non-hydrogen) atoms. The molecule has 5 rings (SSSR count). The summed E-state index contributed by atoms with van der Waals surface area (Å²) in [6.07, 6.45) is 10.0. The molecule has 1 fully saturated rings. The van der Waals surface area contributed by atoms with Crippen molar-refractivity contribution < 1.29 is 9.47 Å². The van der Waals surface area contributed by atoms with Crippen LogP contribution >= 0.6 is 0 Å². The summed E-state index contributed by atoms with van der Waals surface area (Å²) in [5, 5.41) is 22.9. The number of nitrogens with one attached hydrogen (secondary N) is 4. The number of allylic oxidation sites excluding steroid dienone is 3. The van der Waals surface area contributed by atoms with E-state index in [9.17, 15) is 0 Å². The Bertz CT molecular complexity index is 1630. The van der Waals surface area contributed by atoms with E-state index >= 15 is 0 Å². The molecular formula is C40H52N6O2. The van der Waals surface area contributed by atoms with Gasteiger partial charge in [-0.25, -0.2) is 0 Å². The van der Waals surface area contributed by atoms with Crippen LogP contribution in [0.4, 0.5) is 0 Å². The number of ether oxygens (including phenoxy) is 2. The quantitative estimate of drug-likeness (QED) is 0.0760. The van der Waals surface area contributed by atoms with Gasteiger partial charge in [0, 0.05) is 36.2 Å². The summed E-state index contributed by atoms with van der Waals surface area (Å²) in [6.45, 7) is 9.76. The van der Waals surface area contributed by atoms with Gasteiger partial charge in [0.2, 0.25) is 0 Å². The Morgan fingerprint density at radius 2 is 1.40 bits per heavy atom. The molecule has 3 aromatic carbocycles. The van der Waals surface area contributed by atoms with Crippen LogP contribution in [0.3, 0.4) is 0 Å². The Kier molecular flexibility index (Phi) is 11.4. The van der Waals surface area contributed by atoms with Crippen molar-refractivity contribution in [2.45, 2.75) is 96.7 Å². The van der Waals surface area contributed by atoms with Crippen molar-refractivity contribution in [1.29, 1.82) is 10.8 Å². The Hall–Kier alpha value is -4.40. The van der Waals surface area contributed by atoms with Crippen LogP contribution in [-0.2, 0) is 31.0 Å². The summed E-state index contributed by atoms with van der Waals surface area (Å²) in [5.74, 6) is 2.51. The van der Waals surface area contributed by atoms with Crippen molar-refractivity contribution in [3.8, 4) is 5.75 Å². The summed E-state index contributed by atoms with van der Waals surface area (Å²) < 4.78 is 12.0. The number of amidine groups is 2. The molecule has 3 aromatic rings. The first kappa shape index (κ1) is 34.9. The van der Waals surface area contributed by atoms with Crippen LogP contribution in [0.15, 0.2) is 96.3 Å². The molecule has 8 nitrogen and oxygen atoms in total. The third-order valence-corrected chi connectivity index (χ3v) is 10.0. The fourth-order valence-electron chi connectivity index (χ4n) is 6.64. The van der Waals surface area contributed by atoms with Crippen molar-refractivity contribution in [3.05, 3.63) is 124 Å². The molecule has 8 heteroatoms. The molecule has 0 heterocycles. The van der Waals surface area contributed by atoms with E-state index in [0.717, 1.165) is 67.0 Å². The summed E-state index contributed by atoms with van der Waals surface area (Å²) in [5.41, 5.74) is 17.7. The smallest absolute Gasteiger partial charge is 0.122 e. The second kappa shape index (κ2) is 15.7. The van der Waals surface area contributed by atoms with E-state index < -0.39 is 0 Å². The summed E-state index contributed by atoms with van der Waals surface area (Å²) in [6, 6.07) is 24.6. The molecule has 2 aliphatic carbocycles. The first-order valence-electron chi connectivity index (χ1n) is 17.1. The summed E-state index contributed by atoms with van der Waals surface area (Å²) in [7, 11) is 0. The van der Waals surface area contributed by atoms with Crippen molar-refractivity contribution in [3.63, 3.8) is 0 Å². The van der Waals surface area contributed by atoms with Gasteiger partial charge >= 0.3 is 0 Å². The first-order chi connectivity index (χ1) is 23.0. The van der Waals surface area contributed by atoms with Crippen LogP contribution in [0.2, 0.25) is 0 Å². The zero-order valence-electron chi connectivity index (χ0n) is 28.7. The zero-order chi connectivity index (χ0) is 34.1. The van der Waals surface area contributed by atoms with Gasteiger partial charge in [0.15, 0.2) is 0 Å². The van der Waals surface area contributed by atoms with E-state index in [2.05, 4.69) is 79.9 Å². The monoisotopic (exact) mass is 648 g/mol. The molecule has 0 saturated heterocycles. The van der Waals surface area contributed by atoms with Gasteiger partial charge < -0.3 is 31.6 Å². The third-order valence-electron chi connectivity index (χ3n) is 10.0. The van der Waals surface area contributed by atoms with Gasteiger partial charge in [0.1, 0.15) is 30.6 Å². The minimum atomic E-state index is 0.0300. The average Bonchev–Trinajstić information content (AvgIpc) is 3.09. The van der Waals surface area contributed by atoms with Crippen molar-refractivity contribution in [2.24, 2.45) is 17.4 Å². The van der Waals surface area contributed by atoms with Gasteiger partial charge in [-0.2, -0.15) is 0 Å². The Balaban J connectivity index is 1.05. The van der Waals surface area contributed by atoms with Crippen LogP contribution in [0.1, 0.15) is 87.1 Å². The number of nitrogen functional groups attached to an aromatic ring is 1. The van der Waals surface area contributed by atoms with Gasteiger partial charge in [0.05, 0.1) is 5.76 Å². The van der Waals surface area contributed by atoms with Crippen LogP contribution in [0.5, 0.6) is 5.75 Å². The maximum atomic E-state index is 7.60. The first-order valence-corrected chi connectivity index (χ1v) is 17.1. The number of hydrogen-bond acceptors (Lipinski definition) is 6. The lowest BCUT2D eigenvalue weighted by Gasteiger charge is -2.44. The Morgan fingerprint density at radius 3 is 1.98 bits per heavy atom. The van der Waals surface area contributed by atoms with E-state index in [1.54, 1.807) is 0 Å². The largest absolute Gasteiger partial charge is 0.493 e. The zero-order valence-corrected chi connectivity index (χ0v) is 28.7. The number of rotatable bonds is 15. The lowest BCUT2D eigenvalue weighted by molar-refractivity contribution is 0.134. The predicted octanol–water partition coefficient (Wildman–Crippen LogP) is 7.21. The van der Waals surface area contributed by atoms with E-state index in [1.165, 1.54) is 24.0 Å². The van der Waals surface area contributed by atoms with Gasteiger partial charge in [-0.3, -0.25) is 10.8 Å². The lowest BCUT2D eigenvalue weighted by Crippen LogP contribution is -2.51. The van der Waals surface area contributed by atoms with Crippen LogP contribution in [0.25, 0.3) is 0 Å². The van der Waals surface area contributed by atoms with Gasteiger partial charge in [-0.15, -0.1) is 0 Å². The van der Waals surface area contributed by atoms with E-state index in [0.29, 0.717) is 24.7 Å². The molecule has 0 unspecified atom stereocenters. The van der Waals surface area contributed by atoms with Crippen LogP contribution in [0, 0.1) is 16.7 Å². The minimum Gasteiger partial charge on any atom is -0.493 e. The molecule has 0 atom stereocenters. The maximum absolute atomic E-state index is 7.60. The molecule has 2 aliphatic rings. The molecule has 254 valence electrons. The number of hydrogen-bond donors (Lipinski definition) is 6. The normalized spacial score (nSPS) is 19.6. The molecule has 1 saturated carbocycles. The van der Waals surface area contributed by atoms with E-state index in [1.807, 2.05) is 36.4 Å². The third kappa shape index (κ3) is 9.81. The van der Waals surface area contributed by atoms with Gasteiger partial charge in [-0.1, -0.05) is 54.6 Å².